The number of hydrogen-bond donors (Lipinski definition) is 0. The molecule has 3 aromatic heterocycles. The molecule has 0 unspecified atom stereocenters. The Bertz CT molecular complexity index is 1910. The minimum absolute atomic E-state index is 0.149. The first-order valence-electron chi connectivity index (χ1n) is 10.8. The largest absolute Gasteiger partial charge is 0.455 e. The lowest BCUT2D eigenvalue weighted by Gasteiger charge is -2.07. The maximum atomic E-state index is 9.74. The Morgan fingerprint density at radius 1 is 0.556 bits per heavy atom. The van der Waals surface area contributed by atoms with Gasteiger partial charge in [0.2, 0.25) is 0 Å². The van der Waals surface area contributed by atoms with Crippen molar-refractivity contribution >= 4 is 33.1 Å². The number of para-hydroxylation sites is 2. The predicted octanol–water partition coefficient (Wildman–Crippen LogP) is 5.63. The highest BCUT2D eigenvalue weighted by Gasteiger charge is 2.41. The number of rotatable bonds is 0. The number of allylic oxidation sites excluding steroid dienone is 2. The van der Waals surface area contributed by atoms with Crippen molar-refractivity contribution in [2.45, 2.75) is 0 Å². The number of benzene rings is 2. The summed E-state index contributed by atoms with van der Waals surface area (Å²) in [6, 6.07) is 22.5. The molecule has 0 atom stereocenters. The molecule has 0 saturated heterocycles. The SMILES string of the molecule is N#CC(C#N)=C1c2nc3c(nc2-c2c1oc1ccccc21)C(=C(C#N)C#N)c1oc2ccccc2c1-3. The standard InChI is InChI=1S/C28H8N6O2/c29-9-13(10-30)19-23-25(21-15-5-1-3-7-17(15)35-27(19)21)33-24-20(14(11-31)12-32)28-22(26(24)34-23)16-6-2-4-8-18(16)36-28/h1-8H. The molecule has 8 heteroatoms. The quantitative estimate of drug-likeness (QED) is 0.265. The Balaban J connectivity index is 1.67. The van der Waals surface area contributed by atoms with Crippen LogP contribution in [0.2, 0.25) is 0 Å². The molecule has 36 heavy (non-hydrogen) atoms. The molecule has 162 valence electrons. The number of fused-ring (bicyclic) bond motifs is 10. The van der Waals surface area contributed by atoms with E-state index in [9.17, 15) is 21.0 Å². The number of aromatic nitrogens is 2. The molecule has 0 N–H and O–H groups in total. The molecule has 2 aromatic carbocycles. The van der Waals surface area contributed by atoms with Gasteiger partial charge in [-0.3, -0.25) is 0 Å². The lowest BCUT2D eigenvalue weighted by atomic mass is 10.1. The summed E-state index contributed by atoms with van der Waals surface area (Å²) in [5.41, 5.74) is 4.09. The Morgan fingerprint density at radius 3 is 1.33 bits per heavy atom. The molecular formula is C28H8N6O2. The Hall–Kier alpha value is -5.96. The Morgan fingerprint density at radius 2 is 0.944 bits per heavy atom. The van der Waals surface area contributed by atoms with Crippen LogP contribution in [0.5, 0.6) is 0 Å². The van der Waals surface area contributed by atoms with E-state index < -0.39 is 0 Å². The molecule has 0 fully saturated rings. The van der Waals surface area contributed by atoms with E-state index in [2.05, 4.69) is 0 Å². The van der Waals surface area contributed by atoms with Gasteiger partial charge in [-0.05, 0) is 12.1 Å². The third kappa shape index (κ3) is 2.22. The summed E-state index contributed by atoms with van der Waals surface area (Å²) in [6.45, 7) is 0. The summed E-state index contributed by atoms with van der Waals surface area (Å²) in [7, 11) is 0. The monoisotopic (exact) mass is 460 g/mol. The van der Waals surface area contributed by atoms with Crippen LogP contribution in [0.3, 0.4) is 0 Å². The van der Waals surface area contributed by atoms with Crippen molar-refractivity contribution in [3.63, 3.8) is 0 Å². The highest BCUT2D eigenvalue weighted by Crippen LogP contribution is 2.54. The van der Waals surface area contributed by atoms with Gasteiger partial charge in [0.05, 0.1) is 22.3 Å². The van der Waals surface area contributed by atoms with Gasteiger partial charge in [-0.15, -0.1) is 0 Å². The summed E-state index contributed by atoms with van der Waals surface area (Å²) in [5, 5.41) is 40.4. The first-order valence-corrected chi connectivity index (χ1v) is 10.8. The third-order valence-electron chi connectivity index (χ3n) is 6.44. The number of hydrogen-bond acceptors (Lipinski definition) is 8. The van der Waals surface area contributed by atoms with Gasteiger partial charge in [-0.2, -0.15) is 21.0 Å². The van der Waals surface area contributed by atoms with Gasteiger partial charge in [0.25, 0.3) is 0 Å². The zero-order valence-electron chi connectivity index (χ0n) is 18.1. The van der Waals surface area contributed by atoms with E-state index in [0.29, 0.717) is 56.6 Å². The van der Waals surface area contributed by atoms with Crippen molar-refractivity contribution in [1.82, 2.24) is 9.97 Å². The second-order valence-corrected chi connectivity index (χ2v) is 8.17. The summed E-state index contributed by atoms with van der Waals surface area (Å²) in [5.74, 6) is 0.688. The van der Waals surface area contributed by atoms with E-state index in [1.165, 1.54) is 0 Å². The van der Waals surface area contributed by atoms with E-state index >= 15 is 0 Å². The van der Waals surface area contributed by atoms with E-state index in [-0.39, 0.29) is 22.3 Å². The molecule has 0 bridgehead atoms. The van der Waals surface area contributed by atoms with Crippen LogP contribution in [0.4, 0.5) is 0 Å². The summed E-state index contributed by atoms with van der Waals surface area (Å²) < 4.78 is 12.2. The molecule has 0 amide bonds. The molecule has 0 radical (unpaired) electrons. The first-order chi connectivity index (χ1) is 17.7. The van der Waals surface area contributed by atoms with Gasteiger partial charge in [-0.25, -0.2) is 9.97 Å². The van der Waals surface area contributed by atoms with Gasteiger partial charge in [0.1, 0.15) is 80.9 Å². The predicted molar refractivity (Wildman–Crippen MR) is 127 cm³/mol. The molecule has 3 heterocycles. The van der Waals surface area contributed by atoms with Crippen LogP contribution in [-0.4, -0.2) is 9.97 Å². The summed E-state index contributed by atoms with van der Waals surface area (Å²) in [4.78, 5) is 9.79. The second-order valence-electron chi connectivity index (χ2n) is 8.17. The Kier molecular flexibility index (Phi) is 3.67. The fraction of sp³-hybridized carbons (Fsp3) is 0. The van der Waals surface area contributed by atoms with E-state index in [1.54, 1.807) is 12.1 Å². The minimum atomic E-state index is -0.149. The molecule has 2 aliphatic carbocycles. The Labute approximate surface area is 202 Å². The number of nitriles is 4. The molecule has 0 spiro atoms. The first kappa shape index (κ1) is 19.5. The van der Waals surface area contributed by atoms with Gasteiger partial charge in [-0.1, -0.05) is 36.4 Å². The van der Waals surface area contributed by atoms with Crippen molar-refractivity contribution in [3.8, 4) is 46.8 Å². The van der Waals surface area contributed by atoms with Crippen molar-refractivity contribution in [3.05, 3.63) is 82.6 Å². The van der Waals surface area contributed by atoms with Crippen molar-refractivity contribution in [1.29, 1.82) is 21.0 Å². The molecule has 8 nitrogen and oxygen atoms in total. The maximum Gasteiger partial charge on any atom is 0.149 e. The molecule has 7 rings (SSSR count). The highest BCUT2D eigenvalue weighted by atomic mass is 16.3. The molecule has 0 aliphatic heterocycles. The fourth-order valence-corrected chi connectivity index (χ4v) is 5.00. The topological polar surface area (TPSA) is 147 Å². The molecule has 2 aliphatic rings. The zero-order chi connectivity index (χ0) is 24.6. The van der Waals surface area contributed by atoms with Crippen LogP contribution in [-0.2, 0) is 0 Å². The number of nitrogens with zero attached hydrogens (tertiary/aromatic N) is 6. The maximum absolute atomic E-state index is 9.74. The lowest BCUT2D eigenvalue weighted by Crippen LogP contribution is -1.99. The fourth-order valence-electron chi connectivity index (χ4n) is 5.00. The third-order valence-corrected chi connectivity index (χ3v) is 6.44. The van der Waals surface area contributed by atoms with Crippen molar-refractivity contribution < 1.29 is 8.83 Å². The van der Waals surface area contributed by atoms with Crippen molar-refractivity contribution in [2.24, 2.45) is 0 Å². The number of furan rings is 2. The molecule has 5 aromatic rings. The van der Waals surface area contributed by atoms with E-state index in [4.69, 9.17) is 18.8 Å². The second kappa shape index (κ2) is 6.78. The van der Waals surface area contributed by atoms with Gasteiger partial charge < -0.3 is 8.83 Å². The van der Waals surface area contributed by atoms with Gasteiger partial charge in [0, 0.05) is 10.8 Å². The van der Waals surface area contributed by atoms with Gasteiger partial charge >= 0.3 is 0 Å². The zero-order valence-corrected chi connectivity index (χ0v) is 18.1. The van der Waals surface area contributed by atoms with Crippen LogP contribution >= 0.6 is 0 Å². The molecule has 0 saturated carbocycles. The molecular weight excluding hydrogens is 452 g/mol. The normalized spacial score (nSPS) is 12.2. The van der Waals surface area contributed by atoms with E-state index in [0.717, 1.165) is 10.8 Å². The minimum Gasteiger partial charge on any atom is -0.455 e. The van der Waals surface area contributed by atoms with Gasteiger partial charge in [0.15, 0.2) is 0 Å². The smallest absolute Gasteiger partial charge is 0.149 e. The lowest BCUT2D eigenvalue weighted by molar-refractivity contribution is 0.603. The summed E-state index contributed by atoms with van der Waals surface area (Å²) >= 11 is 0. The van der Waals surface area contributed by atoms with Crippen LogP contribution in [0, 0.1) is 45.3 Å². The van der Waals surface area contributed by atoms with Crippen LogP contribution in [0.1, 0.15) is 22.9 Å². The highest BCUT2D eigenvalue weighted by molar-refractivity contribution is 6.13. The van der Waals surface area contributed by atoms with E-state index in [1.807, 2.05) is 60.7 Å². The van der Waals surface area contributed by atoms with Crippen molar-refractivity contribution in [2.75, 3.05) is 0 Å². The van der Waals surface area contributed by atoms with Crippen LogP contribution < -0.4 is 0 Å². The average Bonchev–Trinajstić information content (AvgIpc) is 3.62. The van der Waals surface area contributed by atoms with Crippen LogP contribution in [0.15, 0.2) is 68.5 Å². The average molecular weight is 460 g/mol. The summed E-state index contributed by atoms with van der Waals surface area (Å²) in [6.07, 6.45) is 0. The van der Waals surface area contributed by atoms with Crippen LogP contribution in [0.25, 0.3) is 55.6 Å².